The zero-order valence-corrected chi connectivity index (χ0v) is 20.3. The molecule has 1 fully saturated rings. The summed E-state index contributed by atoms with van der Waals surface area (Å²) in [6, 6.07) is 18.1. The minimum absolute atomic E-state index is 0.100. The van der Waals surface area contributed by atoms with Crippen LogP contribution in [0.3, 0.4) is 0 Å². The van der Waals surface area contributed by atoms with Gasteiger partial charge in [0, 0.05) is 44.4 Å². The third kappa shape index (κ3) is 4.74. The van der Waals surface area contributed by atoms with Gasteiger partial charge in [-0.15, -0.1) is 0 Å². The minimum atomic E-state index is -0.100. The van der Waals surface area contributed by atoms with Crippen molar-refractivity contribution < 1.29 is 4.74 Å². The van der Waals surface area contributed by atoms with Gasteiger partial charge in [-0.3, -0.25) is 4.79 Å². The smallest absolute Gasteiger partial charge is 0.293 e. The van der Waals surface area contributed by atoms with Gasteiger partial charge >= 0.3 is 0 Å². The number of nitriles is 1. The highest BCUT2D eigenvalue weighted by Crippen LogP contribution is 2.32. The zero-order chi connectivity index (χ0) is 24.2. The van der Waals surface area contributed by atoms with Crippen LogP contribution in [-0.2, 0) is 18.4 Å². The number of anilines is 1. The van der Waals surface area contributed by atoms with Crippen LogP contribution in [0.1, 0.15) is 24.0 Å². The molecule has 4 rings (SSSR count). The van der Waals surface area contributed by atoms with Crippen molar-refractivity contribution in [3.63, 3.8) is 0 Å². The van der Waals surface area contributed by atoms with Gasteiger partial charge in [-0.1, -0.05) is 36.4 Å². The van der Waals surface area contributed by atoms with Crippen molar-refractivity contribution >= 4 is 5.82 Å². The highest BCUT2D eigenvalue weighted by atomic mass is 16.5. The van der Waals surface area contributed by atoms with E-state index in [1.807, 2.05) is 43.4 Å². The van der Waals surface area contributed by atoms with Gasteiger partial charge in [0.1, 0.15) is 0 Å². The maximum Gasteiger partial charge on any atom is 0.293 e. The Morgan fingerprint density at radius 3 is 2.24 bits per heavy atom. The summed E-state index contributed by atoms with van der Waals surface area (Å²) in [5.74, 6) is 0.485. The van der Waals surface area contributed by atoms with Crippen molar-refractivity contribution in [3.05, 3.63) is 70.0 Å². The fraction of sp³-hybridized carbons (Fsp3) is 0.370. The Bertz CT molecular complexity index is 1230. The highest BCUT2D eigenvalue weighted by Gasteiger charge is 2.26. The van der Waals surface area contributed by atoms with Gasteiger partial charge in [0.25, 0.3) is 5.56 Å². The molecule has 1 saturated heterocycles. The van der Waals surface area contributed by atoms with Gasteiger partial charge in [-0.05, 0) is 44.6 Å². The minimum Gasteiger partial charge on any atom is -0.380 e. The van der Waals surface area contributed by atoms with Crippen LogP contribution in [0, 0.1) is 11.3 Å². The summed E-state index contributed by atoms with van der Waals surface area (Å²) >= 11 is 0. The molecular weight excluding hydrogens is 426 g/mol. The fourth-order valence-electron chi connectivity index (χ4n) is 4.58. The molecule has 0 spiro atoms. The molecule has 0 unspecified atom stereocenters. The summed E-state index contributed by atoms with van der Waals surface area (Å²) in [5.41, 5.74) is 4.81. The molecule has 3 aromatic rings. The number of rotatable bonds is 6. The Kier molecular flexibility index (Phi) is 7.11. The van der Waals surface area contributed by atoms with Crippen molar-refractivity contribution in [3.8, 4) is 28.6 Å². The van der Waals surface area contributed by atoms with Crippen LogP contribution in [0.2, 0.25) is 0 Å². The molecule has 0 bridgehead atoms. The van der Waals surface area contributed by atoms with Gasteiger partial charge in [0.2, 0.25) is 0 Å². The summed E-state index contributed by atoms with van der Waals surface area (Å²) in [6.45, 7) is 2.12. The first-order chi connectivity index (χ1) is 16.4. The first kappa shape index (κ1) is 23.7. The maximum absolute atomic E-state index is 13.5. The van der Waals surface area contributed by atoms with Gasteiger partial charge < -0.3 is 19.1 Å². The average Bonchev–Trinajstić information content (AvgIpc) is 2.86. The standard InChI is InChI=1S/C27H31N5O2/c1-30(2)23-13-15-32(16-14-23)26-27(33)31(3)25(22-11-7-20(8-12-22)18-34-4)24(29-26)21-9-5-19(17-28)6-10-21/h5-12,23H,13-16,18H2,1-4H3. The first-order valence-corrected chi connectivity index (χ1v) is 11.5. The molecular formula is C27H31N5O2. The van der Waals surface area contributed by atoms with Crippen LogP contribution in [-0.4, -0.2) is 54.8 Å². The Labute approximate surface area is 200 Å². The highest BCUT2D eigenvalue weighted by molar-refractivity contribution is 5.79. The second-order valence-corrected chi connectivity index (χ2v) is 9.00. The van der Waals surface area contributed by atoms with E-state index >= 15 is 0 Å². The number of piperidine rings is 1. The van der Waals surface area contributed by atoms with E-state index in [-0.39, 0.29) is 5.56 Å². The Morgan fingerprint density at radius 2 is 1.68 bits per heavy atom. The predicted molar refractivity (Wildman–Crippen MR) is 135 cm³/mol. The van der Waals surface area contributed by atoms with Crippen LogP contribution in [0.4, 0.5) is 5.82 Å². The van der Waals surface area contributed by atoms with E-state index in [0.29, 0.717) is 24.0 Å². The summed E-state index contributed by atoms with van der Waals surface area (Å²) in [6.07, 6.45) is 1.99. The molecule has 7 nitrogen and oxygen atoms in total. The third-order valence-electron chi connectivity index (χ3n) is 6.59. The Hall–Kier alpha value is -3.47. The molecule has 0 atom stereocenters. The molecule has 0 saturated carbocycles. The molecule has 7 heteroatoms. The molecule has 2 aromatic carbocycles. The molecule has 176 valence electrons. The lowest BCUT2D eigenvalue weighted by molar-refractivity contribution is 0.185. The van der Waals surface area contributed by atoms with E-state index in [9.17, 15) is 10.1 Å². The number of hydrogen-bond donors (Lipinski definition) is 0. The van der Waals surface area contributed by atoms with Crippen LogP contribution < -0.4 is 10.5 Å². The van der Waals surface area contributed by atoms with Crippen molar-refractivity contribution in [1.82, 2.24) is 14.5 Å². The quantitative estimate of drug-likeness (QED) is 0.562. The number of nitrogens with zero attached hydrogens (tertiary/aromatic N) is 5. The summed E-state index contributed by atoms with van der Waals surface area (Å²) < 4.78 is 6.94. The summed E-state index contributed by atoms with van der Waals surface area (Å²) in [7, 11) is 7.69. The van der Waals surface area contributed by atoms with Crippen molar-refractivity contribution in [2.45, 2.75) is 25.5 Å². The lowest BCUT2D eigenvalue weighted by Crippen LogP contribution is -2.44. The van der Waals surface area contributed by atoms with Gasteiger partial charge in [0.05, 0.1) is 29.6 Å². The monoisotopic (exact) mass is 457 g/mol. The van der Waals surface area contributed by atoms with E-state index in [1.54, 1.807) is 23.8 Å². The third-order valence-corrected chi connectivity index (χ3v) is 6.59. The molecule has 1 aliphatic heterocycles. The topological polar surface area (TPSA) is 74.4 Å². The molecule has 1 aromatic heterocycles. The molecule has 2 heterocycles. The Balaban J connectivity index is 1.83. The van der Waals surface area contributed by atoms with Crippen molar-refractivity contribution in [2.75, 3.05) is 39.2 Å². The predicted octanol–water partition coefficient (Wildman–Crippen LogP) is 3.66. The lowest BCUT2D eigenvalue weighted by Gasteiger charge is -2.35. The van der Waals surface area contributed by atoms with Crippen LogP contribution in [0.15, 0.2) is 53.3 Å². The zero-order valence-electron chi connectivity index (χ0n) is 20.3. The molecule has 1 aliphatic rings. The number of hydrogen-bond acceptors (Lipinski definition) is 6. The van der Waals surface area contributed by atoms with Gasteiger partial charge in [0.15, 0.2) is 5.82 Å². The first-order valence-electron chi connectivity index (χ1n) is 11.5. The fourth-order valence-corrected chi connectivity index (χ4v) is 4.58. The molecule has 0 amide bonds. The number of aromatic nitrogens is 2. The summed E-state index contributed by atoms with van der Waals surface area (Å²) in [5, 5.41) is 9.23. The molecule has 0 radical (unpaired) electrons. The largest absolute Gasteiger partial charge is 0.380 e. The van der Waals surface area contributed by atoms with Crippen LogP contribution in [0.25, 0.3) is 22.5 Å². The van der Waals surface area contributed by atoms with Crippen LogP contribution in [0.5, 0.6) is 0 Å². The van der Waals surface area contributed by atoms with Gasteiger partial charge in [-0.2, -0.15) is 5.26 Å². The average molecular weight is 458 g/mol. The van der Waals surface area contributed by atoms with Crippen molar-refractivity contribution in [2.24, 2.45) is 7.05 Å². The normalized spacial score (nSPS) is 14.4. The molecule has 0 N–H and O–H groups in total. The maximum atomic E-state index is 13.5. The number of benzene rings is 2. The number of ether oxygens (including phenoxy) is 1. The number of methoxy groups -OCH3 is 1. The van der Waals surface area contributed by atoms with E-state index in [2.05, 4.69) is 30.0 Å². The van der Waals surface area contributed by atoms with E-state index in [1.165, 1.54) is 0 Å². The second kappa shape index (κ2) is 10.2. The lowest BCUT2D eigenvalue weighted by atomic mass is 10.0. The van der Waals surface area contributed by atoms with Gasteiger partial charge in [-0.25, -0.2) is 4.98 Å². The SMILES string of the molecule is COCc1ccc(-c2c(-c3ccc(C#N)cc3)nc(N3CCC(N(C)C)CC3)c(=O)n2C)cc1. The van der Waals surface area contributed by atoms with E-state index in [0.717, 1.165) is 54.0 Å². The Morgan fingerprint density at radius 1 is 1.06 bits per heavy atom. The van der Waals surface area contributed by atoms with Crippen molar-refractivity contribution in [1.29, 1.82) is 5.26 Å². The van der Waals surface area contributed by atoms with E-state index < -0.39 is 0 Å². The molecule has 34 heavy (non-hydrogen) atoms. The second-order valence-electron chi connectivity index (χ2n) is 9.00. The van der Waals surface area contributed by atoms with Crippen LogP contribution >= 0.6 is 0 Å². The van der Waals surface area contributed by atoms with E-state index in [4.69, 9.17) is 9.72 Å². The summed E-state index contributed by atoms with van der Waals surface area (Å²) in [4.78, 5) is 22.8. The molecule has 0 aliphatic carbocycles.